The Kier molecular flexibility index (Phi) is 496. The summed E-state index contributed by atoms with van der Waals surface area (Å²) >= 11 is 0. The minimum absolute atomic E-state index is 0. The Bertz CT molecular complexity index is 6.00. The Morgan fingerprint density at radius 3 is 0.750 bits per heavy atom. The maximum absolute atomic E-state index is 0. The molecule has 0 N–H and O–H groups in total. The molecule has 0 saturated carbocycles. The van der Waals surface area contributed by atoms with Crippen LogP contribution in [0.4, 0.5) is 0 Å². The van der Waals surface area contributed by atoms with Gasteiger partial charge in [-0.25, -0.2) is 0 Å². The van der Waals surface area contributed by atoms with E-state index in [4.69, 9.17) is 0 Å². The van der Waals surface area contributed by atoms with E-state index in [0.29, 0.717) is 0 Å². The van der Waals surface area contributed by atoms with E-state index in [2.05, 4.69) is 0 Å². The smallest absolute Gasteiger partial charge is 2.00 e. The predicted molar refractivity (Wildman–Crippen MR) is 7.13 cm³/mol. The van der Waals surface area contributed by atoms with Crippen LogP contribution in [0.5, 0.6) is 0 Å². The molecular weight excluding hydrogens is 152 g/mol. The van der Waals surface area contributed by atoms with Gasteiger partial charge in [-0.2, -0.15) is 0 Å². The molecule has 0 bridgehead atoms. The Labute approximate surface area is 50.4 Å². The molecule has 0 aliphatic heterocycles. The van der Waals surface area contributed by atoms with Crippen LogP contribution >= 0.6 is 0 Å². The van der Waals surface area contributed by atoms with Crippen molar-refractivity contribution < 1.29 is 32.7 Å². The quantitative estimate of drug-likeness (QED) is 0.416. The van der Waals surface area contributed by atoms with E-state index in [1.54, 1.807) is 0 Å². The van der Waals surface area contributed by atoms with Crippen molar-refractivity contribution in [3.8, 4) is 0 Å². The van der Waals surface area contributed by atoms with Gasteiger partial charge >= 0.3 is 21.7 Å². The fourth-order valence-electron chi connectivity index (χ4n) is 0. The molecule has 4 heavy (non-hydrogen) atoms. The van der Waals surface area contributed by atoms with Crippen LogP contribution < -0.4 is 0 Å². The Morgan fingerprint density at radius 2 is 0.750 bits per heavy atom. The van der Waals surface area contributed by atoms with Crippen molar-refractivity contribution in [2.24, 2.45) is 0 Å². The second kappa shape index (κ2) is 30.4. The zero-order chi connectivity index (χ0) is 0. The van der Waals surface area contributed by atoms with Crippen molar-refractivity contribution in [3.63, 3.8) is 0 Å². The van der Waals surface area contributed by atoms with Gasteiger partial charge in [0.25, 0.3) is 0 Å². The van der Waals surface area contributed by atoms with Gasteiger partial charge in [0.05, 0.1) is 0 Å². The zero-order valence-corrected chi connectivity index (χ0v) is 5.48. The molecule has 0 unspecified atom stereocenters. The van der Waals surface area contributed by atoms with E-state index >= 15 is 0 Å². The van der Waals surface area contributed by atoms with Crippen LogP contribution in [0.1, 0.15) is 0 Å². The van der Waals surface area contributed by atoms with Gasteiger partial charge in [-0.15, -0.1) is 0 Å². The third-order valence-electron chi connectivity index (χ3n) is 0. The summed E-state index contributed by atoms with van der Waals surface area (Å²) in [6, 6.07) is 0. The van der Waals surface area contributed by atoms with E-state index < -0.39 is 0 Å². The molecule has 0 aromatic heterocycles. The third-order valence-corrected chi connectivity index (χ3v) is 0. The molecule has 20 valence electrons. The molecular formula is GeO2Ti. The number of rotatable bonds is 0. The Hall–Kier alpha value is 1.18. The van der Waals surface area contributed by atoms with Crippen LogP contribution in [0.25, 0.3) is 0 Å². The summed E-state index contributed by atoms with van der Waals surface area (Å²) in [5.41, 5.74) is 0. The van der Waals surface area contributed by atoms with E-state index in [9.17, 15) is 0 Å². The second-order valence-electron chi connectivity index (χ2n) is 0. The van der Waals surface area contributed by atoms with Crippen molar-refractivity contribution in [2.45, 2.75) is 0 Å². The molecule has 0 aliphatic rings. The summed E-state index contributed by atoms with van der Waals surface area (Å²) in [5.74, 6) is 0. The summed E-state index contributed by atoms with van der Waals surface area (Å²) in [6.07, 6.45) is 0. The standard InChI is InChI=1S/Ge.2O.Ti/q;2*-2;+4. The molecule has 0 aromatic rings. The average Bonchev–Trinajstić information content (AvgIpc) is 0. The van der Waals surface area contributed by atoms with E-state index in [-0.39, 0.29) is 50.3 Å². The van der Waals surface area contributed by atoms with Gasteiger partial charge in [0.15, 0.2) is 0 Å². The van der Waals surface area contributed by atoms with Crippen molar-refractivity contribution in [2.75, 3.05) is 0 Å². The fourth-order valence-corrected chi connectivity index (χ4v) is 0. The van der Waals surface area contributed by atoms with Gasteiger partial charge in [0, 0.05) is 17.6 Å². The van der Waals surface area contributed by atoms with Crippen molar-refractivity contribution in [1.29, 1.82) is 0 Å². The number of hydrogen-bond donors (Lipinski definition) is 0. The van der Waals surface area contributed by atoms with Crippen LogP contribution in [-0.2, 0) is 32.7 Å². The topological polar surface area (TPSA) is 57.0 Å². The van der Waals surface area contributed by atoms with Gasteiger partial charge < -0.3 is 11.0 Å². The molecule has 0 saturated heterocycles. The van der Waals surface area contributed by atoms with Crippen LogP contribution in [0.2, 0.25) is 0 Å². The van der Waals surface area contributed by atoms with Gasteiger partial charge in [-0.3, -0.25) is 0 Å². The first kappa shape index (κ1) is 65.2. The average molecular weight is 152 g/mol. The molecule has 4 radical (unpaired) electrons. The van der Waals surface area contributed by atoms with Crippen LogP contribution in [0.3, 0.4) is 0 Å². The Morgan fingerprint density at radius 1 is 0.750 bits per heavy atom. The molecule has 0 aliphatic carbocycles. The maximum atomic E-state index is 0. The van der Waals surface area contributed by atoms with Gasteiger partial charge in [-0.05, 0) is 0 Å². The van der Waals surface area contributed by atoms with Crippen molar-refractivity contribution in [3.05, 3.63) is 0 Å². The summed E-state index contributed by atoms with van der Waals surface area (Å²) in [4.78, 5) is 0. The molecule has 0 spiro atoms. The van der Waals surface area contributed by atoms with E-state index in [1.807, 2.05) is 0 Å². The predicted octanol–water partition coefficient (Wildman–Crippen LogP) is -0.621. The summed E-state index contributed by atoms with van der Waals surface area (Å²) < 4.78 is 0. The van der Waals surface area contributed by atoms with Crippen LogP contribution in [0, 0.1) is 0 Å². The summed E-state index contributed by atoms with van der Waals surface area (Å²) in [7, 11) is 0. The molecule has 0 amide bonds. The summed E-state index contributed by atoms with van der Waals surface area (Å²) in [6.45, 7) is 0. The largest absolute Gasteiger partial charge is 4.00 e. The molecule has 0 atom stereocenters. The van der Waals surface area contributed by atoms with Crippen LogP contribution in [-0.4, -0.2) is 17.6 Å². The number of hydrogen-bond acceptors (Lipinski definition) is 0. The van der Waals surface area contributed by atoms with E-state index in [0.717, 1.165) is 0 Å². The molecule has 0 heterocycles. The fraction of sp³-hybridized carbons (Fsp3) is 0. The SMILES string of the molecule is [Ge].[O-2].[O-2].[Ti+4]. The van der Waals surface area contributed by atoms with Gasteiger partial charge in [0.2, 0.25) is 0 Å². The molecule has 4 heteroatoms. The van der Waals surface area contributed by atoms with Crippen molar-refractivity contribution >= 4 is 17.6 Å². The maximum Gasteiger partial charge on any atom is 4.00 e. The monoisotopic (exact) mass is 154 g/mol. The van der Waals surface area contributed by atoms with Gasteiger partial charge in [-0.1, -0.05) is 0 Å². The molecule has 0 rings (SSSR count). The van der Waals surface area contributed by atoms with Crippen molar-refractivity contribution in [1.82, 2.24) is 0 Å². The molecule has 0 fully saturated rings. The molecule has 0 aromatic carbocycles. The first-order valence-electron chi connectivity index (χ1n) is 0. The minimum atomic E-state index is 0. The van der Waals surface area contributed by atoms with Crippen LogP contribution in [0.15, 0.2) is 0 Å². The van der Waals surface area contributed by atoms with E-state index in [1.165, 1.54) is 0 Å². The minimum Gasteiger partial charge on any atom is -2.00 e. The Balaban J connectivity index is 0. The second-order valence-corrected chi connectivity index (χ2v) is 0. The normalized spacial score (nSPS) is 0. The first-order valence-corrected chi connectivity index (χ1v) is 0. The molecule has 2 nitrogen and oxygen atoms in total. The third kappa shape index (κ3) is 10.9. The summed E-state index contributed by atoms with van der Waals surface area (Å²) in [5, 5.41) is 0. The van der Waals surface area contributed by atoms with Gasteiger partial charge in [0.1, 0.15) is 0 Å². The first-order chi connectivity index (χ1) is 0. The zero-order valence-electron chi connectivity index (χ0n) is 1.82.